The van der Waals surface area contributed by atoms with E-state index in [-0.39, 0.29) is 49.4 Å². The maximum atomic E-state index is 10.1. The third kappa shape index (κ3) is 2.72. The Hall–Kier alpha value is -7.73. The number of hydrogen-bond acceptors (Lipinski definition) is 11. The number of allylic oxidation sites excluding steroid dienone is 3. The van der Waals surface area contributed by atoms with Gasteiger partial charge in [0, 0.05) is 32.7 Å². The van der Waals surface area contributed by atoms with E-state index < -0.39 is 44.5 Å². The molecule has 0 heterocycles. The van der Waals surface area contributed by atoms with E-state index in [1.165, 1.54) is 0 Å². The maximum Gasteiger partial charge on any atom is 0.102 e. The van der Waals surface area contributed by atoms with Gasteiger partial charge < -0.3 is 0 Å². The number of nitrogens with zero attached hydrogens (tertiary/aromatic N) is 10. The van der Waals surface area contributed by atoms with Crippen LogP contribution in [0.3, 0.4) is 0 Å². The summed E-state index contributed by atoms with van der Waals surface area (Å²) in [6.45, 7) is 0. The molecule has 0 unspecified atom stereocenters. The summed E-state index contributed by atoms with van der Waals surface area (Å²) in [4.78, 5) is 0. The van der Waals surface area contributed by atoms with Crippen LogP contribution in [0.15, 0.2) is 5.57 Å². The van der Waals surface area contributed by atoms with Gasteiger partial charge >= 0.3 is 0 Å². The first-order valence-corrected chi connectivity index (χ1v) is 10.2. The number of nitriles is 10. The first-order chi connectivity index (χ1) is 18.9. The molecule has 39 heavy (non-hydrogen) atoms. The Morgan fingerprint density at radius 1 is 0.333 bits per heavy atom. The van der Waals surface area contributed by atoms with Gasteiger partial charge in [-0.3, -0.25) is 5.41 Å². The molecule has 1 aliphatic rings. The van der Waals surface area contributed by atoms with Crippen molar-refractivity contribution in [3.8, 4) is 60.7 Å². The highest BCUT2D eigenvalue weighted by Gasteiger charge is 2.38. The minimum Gasteiger partial charge on any atom is -0.258 e. The minimum absolute atomic E-state index is 0.191. The van der Waals surface area contributed by atoms with Crippen LogP contribution < -0.4 is 0 Å². The number of benzene rings is 3. The molecule has 4 rings (SSSR count). The van der Waals surface area contributed by atoms with Gasteiger partial charge in [-0.15, -0.1) is 0 Å². The van der Waals surface area contributed by atoms with Crippen molar-refractivity contribution in [2.45, 2.75) is 0 Å². The quantitative estimate of drug-likeness (QED) is 0.353. The van der Waals surface area contributed by atoms with Crippen molar-refractivity contribution < 1.29 is 0 Å². The van der Waals surface area contributed by atoms with Crippen molar-refractivity contribution in [2.75, 3.05) is 0 Å². The standard InChI is InChI=1S/C28HN11/c29-1-12-14(3-31)19(8-36)25-23(17(12)6-34)24-18(7-35)13(2-30)15(4-32)20(9-37)26(24)28-22(11-39)16(5-33)21(10-38)27(25)28/h38H. The fraction of sp³-hybridized carbons (Fsp3) is 0. The lowest BCUT2D eigenvalue weighted by Crippen LogP contribution is -2.06. The van der Waals surface area contributed by atoms with Gasteiger partial charge in [0.1, 0.15) is 60.7 Å². The monoisotopic (exact) mass is 491 g/mol. The van der Waals surface area contributed by atoms with E-state index >= 15 is 0 Å². The highest BCUT2D eigenvalue weighted by Crippen LogP contribution is 2.52. The lowest BCUT2D eigenvalue weighted by atomic mass is 9.78. The molecule has 3 aromatic carbocycles. The molecule has 168 valence electrons. The molecule has 0 atom stereocenters. The summed E-state index contributed by atoms with van der Waals surface area (Å²) in [5, 5.41) is 107. The molecule has 0 spiro atoms. The fourth-order valence-electron chi connectivity index (χ4n) is 4.87. The predicted octanol–water partition coefficient (Wildman–Crippen LogP) is 3.41. The van der Waals surface area contributed by atoms with E-state index in [1.54, 1.807) is 54.6 Å². The van der Waals surface area contributed by atoms with Crippen LogP contribution >= 0.6 is 0 Å². The summed E-state index contributed by atoms with van der Waals surface area (Å²) < 4.78 is 0. The summed E-state index contributed by atoms with van der Waals surface area (Å²) in [7, 11) is 0. The SMILES string of the molecule is N#CC1=C(C#N)c2c(c3c(C#N)c(C#N)c(C#N)c(C#N)c3c3c(C#N)c(C#N)c(C#N)c(C#N)c23)C1=C=N. The molecule has 11 nitrogen and oxygen atoms in total. The molecule has 0 saturated carbocycles. The largest absolute Gasteiger partial charge is 0.258 e. The van der Waals surface area contributed by atoms with Gasteiger partial charge in [0.05, 0.1) is 61.2 Å². The zero-order valence-electron chi connectivity index (χ0n) is 19.0. The van der Waals surface area contributed by atoms with Gasteiger partial charge in [-0.2, -0.15) is 52.6 Å². The van der Waals surface area contributed by atoms with Gasteiger partial charge in [-0.05, 0) is 5.87 Å². The highest BCUT2D eigenvalue weighted by molar-refractivity contribution is 6.31. The molecule has 0 aliphatic heterocycles. The molecule has 1 N–H and O–H groups in total. The Balaban J connectivity index is 2.80. The van der Waals surface area contributed by atoms with E-state index in [2.05, 4.69) is 0 Å². The molecule has 0 bridgehead atoms. The predicted molar refractivity (Wildman–Crippen MR) is 128 cm³/mol. The number of nitrogens with one attached hydrogen (secondary N) is 1. The normalized spacial score (nSPS) is 10.7. The van der Waals surface area contributed by atoms with Gasteiger partial charge in [-0.25, -0.2) is 0 Å². The summed E-state index contributed by atoms with van der Waals surface area (Å²) in [5.74, 6) is 2.04. The summed E-state index contributed by atoms with van der Waals surface area (Å²) >= 11 is 0. The smallest absolute Gasteiger partial charge is 0.102 e. The lowest BCUT2D eigenvalue weighted by molar-refractivity contribution is 1.38. The molecular formula is C28HN11. The van der Waals surface area contributed by atoms with Crippen molar-refractivity contribution in [3.63, 3.8) is 0 Å². The van der Waals surface area contributed by atoms with E-state index in [0.29, 0.717) is 0 Å². The van der Waals surface area contributed by atoms with E-state index in [0.717, 1.165) is 0 Å². The third-order valence-corrected chi connectivity index (χ3v) is 6.24. The molecule has 11 heteroatoms. The van der Waals surface area contributed by atoms with Gasteiger partial charge in [0.2, 0.25) is 0 Å². The van der Waals surface area contributed by atoms with Crippen LogP contribution in [-0.4, -0.2) is 5.87 Å². The number of hydrogen-bond donors (Lipinski definition) is 1. The zero-order valence-corrected chi connectivity index (χ0v) is 19.0. The lowest BCUT2D eigenvalue weighted by Gasteiger charge is -2.19. The molecule has 0 aromatic heterocycles. The van der Waals surface area contributed by atoms with Crippen molar-refractivity contribution in [1.82, 2.24) is 0 Å². The van der Waals surface area contributed by atoms with Gasteiger partial charge in [0.15, 0.2) is 0 Å². The molecular weight excluding hydrogens is 490 g/mol. The Kier molecular flexibility index (Phi) is 5.51. The van der Waals surface area contributed by atoms with E-state index in [1.807, 2.05) is 11.9 Å². The highest BCUT2D eigenvalue weighted by atomic mass is 14.4. The van der Waals surface area contributed by atoms with Crippen LogP contribution in [0, 0.1) is 119 Å². The average molecular weight is 491 g/mol. The Bertz CT molecular complexity index is 2330. The number of fused-ring (bicyclic) bond motifs is 6. The van der Waals surface area contributed by atoms with Crippen LogP contribution in [0.1, 0.15) is 55.6 Å². The van der Waals surface area contributed by atoms with Crippen molar-refractivity contribution in [2.24, 2.45) is 0 Å². The second-order valence-corrected chi connectivity index (χ2v) is 7.62. The minimum atomic E-state index is -0.528. The third-order valence-electron chi connectivity index (χ3n) is 6.24. The van der Waals surface area contributed by atoms with E-state index in [9.17, 15) is 52.6 Å². The fourth-order valence-corrected chi connectivity index (χ4v) is 4.87. The Labute approximate surface area is 218 Å². The summed E-state index contributed by atoms with van der Waals surface area (Å²) in [5.41, 5.74) is -5.46. The second kappa shape index (κ2) is 8.81. The maximum absolute atomic E-state index is 10.1. The second-order valence-electron chi connectivity index (χ2n) is 7.62. The van der Waals surface area contributed by atoms with Crippen LogP contribution in [0.25, 0.3) is 32.7 Å². The van der Waals surface area contributed by atoms with Gasteiger partial charge in [-0.1, -0.05) is 0 Å². The molecule has 0 radical (unpaired) electrons. The average Bonchev–Trinajstić information content (AvgIpc) is 3.30. The van der Waals surface area contributed by atoms with Crippen molar-refractivity contribution in [3.05, 3.63) is 61.2 Å². The topological polar surface area (TPSA) is 262 Å². The molecule has 0 saturated heterocycles. The van der Waals surface area contributed by atoms with Crippen molar-refractivity contribution >= 4 is 38.6 Å². The molecule has 0 amide bonds. The molecule has 1 aliphatic carbocycles. The Morgan fingerprint density at radius 2 is 0.641 bits per heavy atom. The van der Waals surface area contributed by atoms with Crippen LogP contribution in [0.2, 0.25) is 0 Å². The van der Waals surface area contributed by atoms with Crippen LogP contribution in [0.5, 0.6) is 0 Å². The molecule has 3 aromatic rings. The van der Waals surface area contributed by atoms with E-state index in [4.69, 9.17) is 5.41 Å². The Morgan fingerprint density at radius 3 is 0.923 bits per heavy atom. The van der Waals surface area contributed by atoms with Crippen molar-refractivity contribution in [1.29, 1.82) is 58.0 Å². The van der Waals surface area contributed by atoms with Crippen LogP contribution in [0.4, 0.5) is 0 Å². The molecule has 0 fully saturated rings. The van der Waals surface area contributed by atoms with Gasteiger partial charge in [0.25, 0.3) is 0 Å². The first kappa shape index (κ1) is 24.4. The summed E-state index contributed by atoms with van der Waals surface area (Å²) in [6.07, 6.45) is 0. The zero-order chi connectivity index (χ0) is 28.6. The first-order valence-electron chi connectivity index (χ1n) is 10.2. The van der Waals surface area contributed by atoms with Crippen LogP contribution in [-0.2, 0) is 0 Å². The number of rotatable bonds is 0. The summed E-state index contributed by atoms with van der Waals surface area (Å²) in [6, 6.07) is 17.6.